The molecule has 1 aliphatic rings. The maximum atomic E-state index is 12.1. The van der Waals surface area contributed by atoms with Crippen LogP contribution in [-0.4, -0.2) is 28.7 Å². The molecular formula is C15H28N2O3. The summed E-state index contributed by atoms with van der Waals surface area (Å²) in [5, 5.41) is 15.1. The van der Waals surface area contributed by atoms with Crippen molar-refractivity contribution in [3.05, 3.63) is 0 Å². The lowest BCUT2D eigenvalue weighted by Crippen LogP contribution is -2.60. The van der Waals surface area contributed by atoms with Crippen LogP contribution >= 0.6 is 0 Å². The summed E-state index contributed by atoms with van der Waals surface area (Å²) in [5.74, 6) is -0.263. The molecule has 5 heteroatoms. The van der Waals surface area contributed by atoms with E-state index in [9.17, 15) is 14.7 Å². The molecule has 1 rings (SSSR count). The molecule has 3 atom stereocenters. The number of carbonyl (C=O) groups is 2. The number of aliphatic carboxylic acids is 1. The van der Waals surface area contributed by atoms with Crippen LogP contribution in [0.5, 0.6) is 0 Å². The van der Waals surface area contributed by atoms with E-state index in [4.69, 9.17) is 0 Å². The summed E-state index contributed by atoms with van der Waals surface area (Å²) in [6.45, 7) is 8.15. The minimum absolute atomic E-state index is 0.0712. The number of carboxylic acids is 1. The Labute approximate surface area is 121 Å². The fraction of sp³-hybridized carbons (Fsp3) is 0.867. The maximum absolute atomic E-state index is 12.1. The van der Waals surface area contributed by atoms with Crippen LogP contribution < -0.4 is 10.6 Å². The average Bonchev–Trinajstić information content (AvgIpc) is 2.35. The first-order valence-electron chi connectivity index (χ1n) is 7.62. The number of nitrogens with one attached hydrogen (secondary N) is 2. The van der Waals surface area contributed by atoms with Gasteiger partial charge in [-0.2, -0.15) is 0 Å². The molecule has 0 aromatic heterocycles. The Morgan fingerprint density at radius 3 is 2.50 bits per heavy atom. The average molecular weight is 284 g/mol. The van der Waals surface area contributed by atoms with E-state index >= 15 is 0 Å². The standard InChI is InChI=1S/C15H28N2O3/c1-5-12(10(2)3)16-14(20)17-15(13(18)19)8-6-7-11(4)9-15/h10-12H,5-9H2,1-4H3,(H,18,19)(H2,16,17,20). The van der Waals surface area contributed by atoms with Gasteiger partial charge in [-0.3, -0.25) is 0 Å². The van der Waals surface area contributed by atoms with Crippen LogP contribution in [0, 0.1) is 11.8 Å². The van der Waals surface area contributed by atoms with E-state index < -0.39 is 11.5 Å². The normalized spacial score (nSPS) is 27.9. The quantitative estimate of drug-likeness (QED) is 0.726. The zero-order valence-electron chi connectivity index (χ0n) is 13.0. The Hall–Kier alpha value is -1.26. The smallest absolute Gasteiger partial charge is 0.329 e. The number of amides is 2. The highest BCUT2D eigenvalue weighted by Crippen LogP contribution is 2.32. The second-order valence-electron chi connectivity index (χ2n) is 6.45. The molecule has 116 valence electrons. The van der Waals surface area contributed by atoms with Gasteiger partial charge in [-0.1, -0.05) is 40.5 Å². The van der Waals surface area contributed by atoms with Gasteiger partial charge in [0.25, 0.3) is 0 Å². The molecule has 0 aliphatic heterocycles. The highest BCUT2D eigenvalue weighted by atomic mass is 16.4. The SMILES string of the molecule is CCC(NC(=O)NC1(C(=O)O)CCCC(C)C1)C(C)C. The van der Waals surface area contributed by atoms with Crippen molar-refractivity contribution in [3.8, 4) is 0 Å². The van der Waals surface area contributed by atoms with Crippen molar-refractivity contribution in [2.75, 3.05) is 0 Å². The van der Waals surface area contributed by atoms with E-state index in [0.29, 0.717) is 24.7 Å². The molecule has 3 N–H and O–H groups in total. The first kappa shape index (κ1) is 16.8. The largest absolute Gasteiger partial charge is 0.480 e. The Morgan fingerprint density at radius 2 is 2.05 bits per heavy atom. The Kier molecular flexibility index (Phi) is 5.84. The topological polar surface area (TPSA) is 78.4 Å². The molecule has 0 spiro atoms. The van der Waals surface area contributed by atoms with E-state index in [1.807, 2.05) is 27.7 Å². The third-order valence-corrected chi connectivity index (χ3v) is 4.32. The number of urea groups is 1. The van der Waals surface area contributed by atoms with Crippen LogP contribution in [0.4, 0.5) is 4.79 Å². The Balaban J connectivity index is 2.71. The molecule has 20 heavy (non-hydrogen) atoms. The lowest BCUT2D eigenvalue weighted by atomic mass is 9.76. The molecule has 0 heterocycles. The summed E-state index contributed by atoms with van der Waals surface area (Å²) in [7, 11) is 0. The monoisotopic (exact) mass is 284 g/mol. The molecule has 0 aromatic rings. The zero-order valence-corrected chi connectivity index (χ0v) is 13.0. The second kappa shape index (κ2) is 6.95. The second-order valence-corrected chi connectivity index (χ2v) is 6.45. The fourth-order valence-electron chi connectivity index (χ4n) is 3.07. The van der Waals surface area contributed by atoms with E-state index in [1.165, 1.54) is 0 Å². The number of hydrogen-bond acceptors (Lipinski definition) is 2. The van der Waals surface area contributed by atoms with E-state index in [0.717, 1.165) is 19.3 Å². The van der Waals surface area contributed by atoms with Crippen LogP contribution in [0.25, 0.3) is 0 Å². The third kappa shape index (κ3) is 4.12. The molecule has 3 unspecified atom stereocenters. The van der Waals surface area contributed by atoms with Crippen molar-refractivity contribution in [1.82, 2.24) is 10.6 Å². The van der Waals surface area contributed by atoms with E-state index in [1.54, 1.807) is 0 Å². The van der Waals surface area contributed by atoms with Gasteiger partial charge < -0.3 is 15.7 Å². The Morgan fingerprint density at radius 1 is 1.40 bits per heavy atom. The van der Waals surface area contributed by atoms with Crippen molar-refractivity contribution < 1.29 is 14.7 Å². The van der Waals surface area contributed by atoms with Gasteiger partial charge in [0.15, 0.2) is 0 Å². The molecule has 1 aliphatic carbocycles. The molecule has 1 saturated carbocycles. The Bertz CT molecular complexity index is 357. The van der Waals surface area contributed by atoms with Gasteiger partial charge in [-0.15, -0.1) is 0 Å². The molecule has 0 saturated heterocycles. The number of rotatable bonds is 5. The van der Waals surface area contributed by atoms with Gasteiger partial charge in [-0.05, 0) is 31.1 Å². The van der Waals surface area contributed by atoms with E-state index in [2.05, 4.69) is 10.6 Å². The van der Waals surface area contributed by atoms with Crippen LogP contribution in [0.2, 0.25) is 0 Å². The molecule has 1 fully saturated rings. The zero-order chi connectivity index (χ0) is 15.3. The summed E-state index contributed by atoms with van der Waals surface area (Å²) in [6.07, 6.45) is 3.73. The van der Waals surface area contributed by atoms with Crippen LogP contribution in [0.3, 0.4) is 0 Å². The summed E-state index contributed by atoms with van der Waals surface area (Å²) in [5.41, 5.74) is -1.10. The predicted octanol–water partition coefficient (Wildman–Crippen LogP) is 2.75. The summed E-state index contributed by atoms with van der Waals surface area (Å²) < 4.78 is 0. The first-order valence-corrected chi connectivity index (χ1v) is 7.62. The number of carboxylic acid groups (broad SMARTS) is 1. The first-order chi connectivity index (χ1) is 9.30. The highest BCUT2D eigenvalue weighted by Gasteiger charge is 2.43. The lowest BCUT2D eigenvalue weighted by molar-refractivity contribution is -0.146. The molecule has 5 nitrogen and oxygen atoms in total. The highest BCUT2D eigenvalue weighted by molar-refractivity contribution is 5.86. The number of carbonyl (C=O) groups excluding carboxylic acids is 1. The summed E-state index contributed by atoms with van der Waals surface area (Å²) in [6, 6.07) is -0.288. The van der Waals surface area contributed by atoms with Gasteiger partial charge >= 0.3 is 12.0 Å². The van der Waals surface area contributed by atoms with Crippen LogP contribution in [0.1, 0.15) is 59.8 Å². The van der Waals surface area contributed by atoms with Gasteiger partial charge in [0.2, 0.25) is 0 Å². The van der Waals surface area contributed by atoms with Gasteiger partial charge in [0.1, 0.15) is 5.54 Å². The summed E-state index contributed by atoms with van der Waals surface area (Å²) in [4.78, 5) is 23.7. The van der Waals surface area contributed by atoms with Crippen molar-refractivity contribution in [1.29, 1.82) is 0 Å². The van der Waals surface area contributed by atoms with Crippen molar-refractivity contribution in [2.24, 2.45) is 11.8 Å². The van der Waals surface area contributed by atoms with Crippen LogP contribution in [-0.2, 0) is 4.79 Å². The van der Waals surface area contributed by atoms with Crippen LogP contribution in [0.15, 0.2) is 0 Å². The molecule has 0 bridgehead atoms. The minimum atomic E-state index is -1.10. The molecule has 0 radical (unpaired) electrons. The molecule has 0 aromatic carbocycles. The van der Waals surface area contributed by atoms with Gasteiger partial charge in [0.05, 0.1) is 0 Å². The predicted molar refractivity (Wildman–Crippen MR) is 78.6 cm³/mol. The molecular weight excluding hydrogens is 256 g/mol. The minimum Gasteiger partial charge on any atom is -0.480 e. The van der Waals surface area contributed by atoms with Gasteiger partial charge in [0, 0.05) is 6.04 Å². The van der Waals surface area contributed by atoms with Crippen molar-refractivity contribution >= 4 is 12.0 Å². The fourth-order valence-corrected chi connectivity index (χ4v) is 3.07. The molecule has 2 amide bonds. The van der Waals surface area contributed by atoms with Crippen molar-refractivity contribution in [3.63, 3.8) is 0 Å². The van der Waals surface area contributed by atoms with E-state index in [-0.39, 0.29) is 12.1 Å². The maximum Gasteiger partial charge on any atom is 0.329 e. The summed E-state index contributed by atoms with van der Waals surface area (Å²) >= 11 is 0. The third-order valence-electron chi connectivity index (χ3n) is 4.32. The van der Waals surface area contributed by atoms with Gasteiger partial charge in [-0.25, -0.2) is 9.59 Å². The number of hydrogen-bond donors (Lipinski definition) is 3. The van der Waals surface area contributed by atoms with Crippen molar-refractivity contribution in [2.45, 2.75) is 71.4 Å². The lowest BCUT2D eigenvalue weighted by Gasteiger charge is -2.37.